The van der Waals surface area contributed by atoms with E-state index in [2.05, 4.69) is 6.58 Å². The first kappa shape index (κ1) is 12.9. The van der Waals surface area contributed by atoms with Gasteiger partial charge in [0.25, 0.3) is 0 Å². The molecule has 98 valence electrons. The summed E-state index contributed by atoms with van der Waals surface area (Å²) in [5.74, 6) is -0.134. The molecule has 1 heterocycles. The number of carboxylic acids is 1. The maximum Gasteiger partial charge on any atom is 0.352 e. The van der Waals surface area contributed by atoms with E-state index in [0.29, 0.717) is 12.2 Å². The number of aromatic nitrogens is 1. The summed E-state index contributed by atoms with van der Waals surface area (Å²) >= 11 is 0. The molecule has 18 heavy (non-hydrogen) atoms. The van der Waals surface area contributed by atoms with E-state index < -0.39 is 5.97 Å². The zero-order valence-electron chi connectivity index (χ0n) is 10.8. The van der Waals surface area contributed by atoms with Gasteiger partial charge in [0.1, 0.15) is 5.69 Å². The lowest BCUT2D eigenvalue weighted by molar-refractivity contribution is 0.0685. The molecule has 0 saturated heterocycles. The van der Waals surface area contributed by atoms with E-state index in [1.54, 1.807) is 12.1 Å². The van der Waals surface area contributed by atoms with Crippen LogP contribution in [0.15, 0.2) is 24.8 Å². The van der Waals surface area contributed by atoms with Crippen molar-refractivity contribution in [2.75, 3.05) is 0 Å². The van der Waals surface area contributed by atoms with Gasteiger partial charge in [0, 0.05) is 12.2 Å². The van der Waals surface area contributed by atoms with E-state index >= 15 is 0 Å². The van der Waals surface area contributed by atoms with Gasteiger partial charge in [-0.15, -0.1) is 6.58 Å². The molecule has 1 aromatic heterocycles. The van der Waals surface area contributed by atoms with E-state index in [4.69, 9.17) is 5.11 Å². The Labute approximate surface area is 108 Å². The van der Waals surface area contributed by atoms with E-state index in [-0.39, 0.29) is 0 Å². The third-order valence-corrected chi connectivity index (χ3v) is 3.82. The minimum absolute atomic E-state index is 0.376. The molecule has 0 radical (unpaired) electrons. The summed E-state index contributed by atoms with van der Waals surface area (Å²) in [6.07, 6.45) is 9.31. The van der Waals surface area contributed by atoms with Crippen molar-refractivity contribution in [3.8, 4) is 0 Å². The highest BCUT2D eigenvalue weighted by molar-refractivity contribution is 5.86. The molecule has 0 aromatic carbocycles. The summed E-state index contributed by atoms with van der Waals surface area (Å²) in [4.78, 5) is 11.1. The predicted octanol–water partition coefficient (Wildman–Crippen LogP) is 3.50. The first-order chi connectivity index (χ1) is 8.72. The highest BCUT2D eigenvalue weighted by atomic mass is 16.4. The van der Waals surface area contributed by atoms with Crippen molar-refractivity contribution in [3.05, 3.63) is 36.2 Å². The first-order valence-corrected chi connectivity index (χ1v) is 6.75. The molecule has 3 heteroatoms. The van der Waals surface area contributed by atoms with E-state index in [0.717, 1.165) is 18.0 Å². The second-order valence-electron chi connectivity index (χ2n) is 5.12. The average Bonchev–Trinajstić information content (AvgIpc) is 2.74. The number of aromatic carboxylic acids is 1. The van der Waals surface area contributed by atoms with Crippen molar-refractivity contribution in [2.45, 2.75) is 45.1 Å². The molecule has 0 unspecified atom stereocenters. The first-order valence-electron chi connectivity index (χ1n) is 6.75. The Balaban J connectivity index is 2.15. The third-order valence-electron chi connectivity index (χ3n) is 3.82. The van der Waals surface area contributed by atoms with Gasteiger partial charge in [-0.3, -0.25) is 0 Å². The van der Waals surface area contributed by atoms with Crippen LogP contribution in [0.25, 0.3) is 0 Å². The van der Waals surface area contributed by atoms with Crippen molar-refractivity contribution in [3.63, 3.8) is 0 Å². The summed E-state index contributed by atoms with van der Waals surface area (Å²) in [7, 11) is 0. The smallest absolute Gasteiger partial charge is 0.352 e. The molecule has 0 aliphatic heterocycles. The second kappa shape index (κ2) is 5.89. The highest BCUT2D eigenvalue weighted by Crippen LogP contribution is 2.27. The molecule has 1 aliphatic carbocycles. The number of hydrogen-bond donors (Lipinski definition) is 1. The van der Waals surface area contributed by atoms with Gasteiger partial charge < -0.3 is 9.67 Å². The third kappa shape index (κ3) is 2.84. The van der Waals surface area contributed by atoms with Gasteiger partial charge in [-0.2, -0.15) is 0 Å². The number of carboxylic acid groups (broad SMARTS) is 1. The van der Waals surface area contributed by atoms with Crippen LogP contribution in [0.4, 0.5) is 0 Å². The number of carbonyl (C=O) groups is 1. The Hall–Kier alpha value is -1.51. The Morgan fingerprint density at radius 1 is 1.39 bits per heavy atom. The summed E-state index contributed by atoms with van der Waals surface area (Å²) in [6.45, 7) is 4.29. The van der Waals surface area contributed by atoms with Gasteiger partial charge in [0.2, 0.25) is 0 Å². The van der Waals surface area contributed by atoms with Gasteiger partial charge >= 0.3 is 5.97 Å². The molecule has 0 spiro atoms. The zero-order valence-corrected chi connectivity index (χ0v) is 10.8. The Morgan fingerprint density at radius 2 is 2.11 bits per heavy atom. The normalized spacial score (nSPS) is 16.7. The van der Waals surface area contributed by atoms with Crippen molar-refractivity contribution in [2.24, 2.45) is 5.92 Å². The van der Waals surface area contributed by atoms with Crippen LogP contribution in [0, 0.1) is 5.92 Å². The van der Waals surface area contributed by atoms with Crippen molar-refractivity contribution >= 4 is 5.97 Å². The van der Waals surface area contributed by atoms with Crippen LogP contribution in [0.2, 0.25) is 0 Å². The van der Waals surface area contributed by atoms with Crippen LogP contribution in [0.1, 0.15) is 48.3 Å². The minimum atomic E-state index is -0.855. The fourth-order valence-electron chi connectivity index (χ4n) is 2.91. The van der Waals surface area contributed by atoms with Crippen molar-refractivity contribution in [1.82, 2.24) is 4.57 Å². The van der Waals surface area contributed by atoms with Gasteiger partial charge in [0.15, 0.2) is 0 Å². The van der Waals surface area contributed by atoms with Crippen molar-refractivity contribution in [1.29, 1.82) is 0 Å². The van der Waals surface area contributed by atoms with Crippen LogP contribution < -0.4 is 0 Å². The van der Waals surface area contributed by atoms with E-state index in [1.165, 1.54) is 32.1 Å². The number of allylic oxidation sites excluding steroid dienone is 1. The monoisotopic (exact) mass is 247 g/mol. The Bertz CT molecular complexity index is 428. The highest BCUT2D eigenvalue weighted by Gasteiger charge is 2.18. The molecule has 0 atom stereocenters. The summed E-state index contributed by atoms with van der Waals surface area (Å²) in [6, 6.07) is 3.67. The molecule has 2 rings (SSSR count). The SMILES string of the molecule is C=CCn1c(CC2CCCCC2)ccc1C(=O)O. The molecule has 1 aliphatic rings. The lowest BCUT2D eigenvalue weighted by Crippen LogP contribution is -2.15. The molecule has 1 N–H and O–H groups in total. The molecule has 1 saturated carbocycles. The van der Waals surface area contributed by atoms with Gasteiger partial charge in [0.05, 0.1) is 0 Å². The van der Waals surface area contributed by atoms with Crippen LogP contribution in [0.5, 0.6) is 0 Å². The molecule has 0 amide bonds. The molecule has 1 aromatic rings. The summed E-state index contributed by atoms with van der Waals surface area (Å²) in [5.41, 5.74) is 1.51. The topological polar surface area (TPSA) is 42.2 Å². The largest absolute Gasteiger partial charge is 0.477 e. The van der Waals surface area contributed by atoms with Gasteiger partial charge in [-0.1, -0.05) is 38.2 Å². The number of nitrogens with zero attached hydrogens (tertiary/aromatic N) is 1. The number of rotatable bonds is 5. The van der Waals surface area contributed by atoms with Crippen LogP contribution in [-0.2, 0) is 13.0 Å². The Morgan fingerprint density at radius 3 is 2.72 bits per heavy atom. The zero-order chi connectivity index (χ0) is 13.0. The fourth-order valence-corrected chi connectivity index (χ4v) is 2.91. The lowest BCUT2D eigenvalue weighted by Gasteiger charge is -2.22. The minimum Gasteiger partial charge on any atom is -0.477 e. The number of hydrogen-bond acceptors (Lipinski definition) is 1. The molecule has 3 nitrogen and oxygen atoms in total. The molecule has 0 bridgehead atoms. The van der Waals surface area contributed by atoms with E-state index in [9.17, 15) is 4.79 Å². The summed E-state index contributed by atoms with van der Waals surface area (Å²) < 4.78 is 1.88. The standard InChI is InChI=1S/C15H21NO2/c1-2-10-16-13(8-9-14(16)15(17)18)11-12-6-4-3-5-7-12/h2,8-9,12H,1,3-7,10-11H2,(H,17,18). The molecule has 1 fully saturated rings. The maximum absolute atomic E-state index is 11.1. The quantitative estimate of drug-likeness (QED) is 0.809. The fraction of sp³-hybridized carbons (Fsp3) is 0.533. The van der Waals surface area contributed by atoms with Gasteiger partial charge in [-0.05, 0) is 24.5 Å². The van der Waals surface area contributed by atoms with Crippen LogP contribution in [-0.4, -0.2) is 15.6 Å². The summed E-state index contributed by atoms with van der Waals surface area (Å²) in [5, 5.41) is 9.16. The predicted molar refractivity (Wildman–Crippen MR) is 71.9 cm³/mol. The molecular formula is C15H21NO2. The molecular weight excluding hydrogens is 226 g/mol. The van der Waals surface area contributed by atoms with Crippen molar-refractivity contribution < 1.29 is 9.90 Å². The lowest BCUT2D eigenvalue weighted by atomic mass is 9.86. The van der Waals surface area contributed by atoms with E-state index in [1.807, 2.05) is 10.6 Å². The van der Waals surface area contributed by atoms with Crippen LogP contribution >= 0.6 is 0 Å². The Kier molecular flexibility index (Phi) is 4.24. The average molecular weight is 247 g/mol. The van der Waals surface area contributed by atoms with Gasteiger partial charge in [-0.25, -0.2) is 4.79 Å². The maximum atomic E-state index is 11.1. The second-order valence-corrected chi connectivity index (χ2v) is 5.12. The van der Waals surface area contributed by atoms with Crippen LogP contribution in [0.3, 0.4) is 0 Å².